The zero-order valence-electron chi connectivity index (χ0n) is 57.4. The van der Waals surface area contributed by atoms with Crippen molar-refractivity contribution < 1.29 is 48.3 Å². The lowest BCUT2D eigenvalue weighted by molar-refractivity contribution is 0.0779. The van der Waals surface area contributed by atoms with E-state index in [0.717, 1.165) is 104 Å². The van der Waals surface area contributed by atoms with Gasteiger partial charge >= 0.3 is 0 Å². The molecular formula is C80H92Br3F3N6O7. The maximum atomic E-state index is 13.9. The van der Waals surface area contributed by atoms with E-state index in [1.807, 2.05) is 60.7 Å². The van der Waals surface area contributed by atoms with E-state index in [1.165, 1.54) is 74.0 Å². The molecule has 12 N–H and O–H groups in total. The summed E-state index contributed by atoms with van der Waals surface area (Å²) in [7, 11) is 0. The number of hydrogen-bond donors (Lipinski definition) is 11. The fraction of sp³-hybridized carbons (Fsp3) is 0.375. The Hall–Kier alpha value is -6.59. The zero-order valence-corrected chi connectivity index (χ0v) is 62.2. The van der Waals surface area contributed by atoms with Crippen LogP contribution in [0.15, 0.2) is 165 Å². The maximum Gasteiger partial charge on any atom is 0.193 e. The van der Waals surface area contributed by atoms with Gasteiger partial charge in [-0.25, -0.2) is 13.2 Å². The number of alkyl halides is 3. The molecule has 0 fully saturated rings. The molecule has 3 aliphatic carbocycles. The third-order valence-electron chi connectivity index (χ3n) is 18.8. The summed E-state index contributed by atoms with van der Waals surface area (Å²) < 4.78 is 43.2. The van der Waals surface area contributed by atoms with Gasteiger partial charge in [0.15, 0.2) is 18.2 Å². The molecular weight excluding hydrogens is 1450 g/mol. The molecule has 5 atom stereocenters. The first-order valence-corrected chi connectivity index (χ1v) is 36.1. The van der Waals surface area contributed by atoms with Crippen molar-refractivity contribution in [2.45, 2.75) is 166 Å². The van der Waals surface area contributed by atoms with Gasteiger partial charge in [-0.05, 0) is 218 Å². The van der Waals surface area contributed by atoms with Gasteiger partial charge in [0.05, 0.1) is 34.5 Å². The van der Waals surface area contributed by atoms with Crippen LogP contribution in [-0.4, -0.2) is 78.7 Å². The Morgan fingerprint density at radius 2 is 0.768 bits per heavy atom. The van der Waals surface area contributed by atoms with E-state index in [1.54, 1.807) is 91.8 Å². The van der Waals surface area contributed by atoms with Crippen LogP contribution in [0.25, 0.3) is 32.7 Å². The number of aliphatic hydroxyl groups is 5. The van der Waals surface area contributed by atoms with Crippen LogP contribution in [-0.2, 0) is 41.7 Å². The van der Waals surface area contributed by atoms with E-state index in [-0.39, 0.29) is 36.0 Å². The smallest absolute Gasteiger partial charge is 0.193 e. The summed E-state index contributed by atoms with van der Waals surface area (Å²) in [6.45, 7) is 11.3. The van der Waals surface area contributed by atoms with Crippen LogP contribution in [0.3, 0.4) is 0 Å². The first-order valence-electron chi connectivity index (χ1n) is 33.7. The third-order valence-corrected chi connectivity index (χ3v) is 20.3. The van der Waals surface area contributed by atoms with E-state index >= 15 is 0 Å². The molecule has 10 aromatic rings. The second-order valence-corrected chi connectivity index (χ2v) is 30.8. The van der Waals surface area contributed by atoms with Gasteiger partial charge in [-0.15, -0.1) is 0 Å². The molecule has 0 bridgehead atoms. The minimum Gasteiger partial charge on any atom is -0.388 e. The molecule has 13 nitrogen and oxygen atoms in total. The predicted molar refractivity (Wildman–Crippen MR) is 401 cm³/mol. The highest BCUT2D eigenvalue weighted by Crippen LogP contribution is 2.40. The summed E-state index contributed by atoms with van der Waals surface area (Å²) in [4.78, 5) is 32.6. The third kappa shape index (κ3) is 19.3. The number of aryl methyl sites for hydroxylation is 3. The van der Waals surface area contributed by atoms with E-state index in [9.17, 15) is 43.2 Å². The average Bonchev–Trinajstić information content (AvgIpc) is 1.65. The lowest BCUT2D eigenvalue weighted by Gasteiger charge is -2.28. The summed E-state index contributed by atoms with van der Waals surface area (Å²) in [6, 6.07) is 46.7. The molecule has 526 valence electrons. The van der Waals surface area contributed by atoms with E-state index in [4.69, 9.17) is 10.8 Å². The number of halogens is 6. The lowest BCUT2D eigenvalue weighted by Crippen LogP contribution is -2.30. The quantitative estimate of drug-likeness (QED) is 0.0410. The topological polar surface area (TPSA) is 233 Å². The Labute approximate surface area is 603 Å². The van der Waals surface area contributed by atoms with Gasteiger partial charge in [-0.1, -0.05) is 145 Å². The number of rotatable bonds is 16. The van der Waals surface area contributed by atoms with Crippen molar-refractivity contribution in [3.63, 3.8) is 0 Å². The van der Waals surface area contributed by atoms with Crippen LogP contribution >= 0.6 is 47.8 Å². The minimum absolute atomic E-state index is 0.102. The monoisotopic (exact) mass is 1540 g/mol. The van der Waals surface area contributed by atoms with Crippen LogP contribution in [0.5, 0.6) is 0 Å². The molecule has 99 heavy (non-hydrogen) atoms. The zero-order chi connectivity index (χ0) is 71.7. The standard InChI is InChI=1S/2C23H26BrFN2O.C12H13BrN2.C11H13FO2.C11H14O3/c2*1-23(2,28)15-8-6-14(7-9-15)21(13-25)26-20-5-3-4-17-18-12-16(24)10-11-19(18)27-22(17)20;13-7-4-5-11-9(6-7)8-2-1-3-10(14)12(8)15-11;2*1-11(2,14)9-5-3-8(4-6-9)10(13)7-12/h2*6-12,20-21,26-28H,3-5,13H2,1-2H3;4-6,10,15H,1-3,14H2;3-6,14H,7H2,1-2H3;3-6,12,14H,7H2,1-2H3/t20-,21+;20-,21-;10-;;/m111../s1. The second kappa shape index (κ2) is 33.0. The van der Waals surface area contributed by atoms with E-state index < -0.39 is 54.8 Å². The van der Waals surface area contributed by atoms with E-state index in [0.29, 0.717) is 16.7 Å². The van der Waals surface area contributed by atoms with E-state index in [2.05, 4.69) is 116 Å². The molecule has 0 saturated heterocycles. The molecule has 0 aliphatic heterocycles. The summed E-state index contributed by atoms with van der Waals surface area (Å²) in [5, 5.41) is 59.0. The first-order chi connectivity index (χ1) is 46.9. The normalized spacial score (nSPS) is 16.7. The largest absolute Gasteiger partial charge is 0.388 e. The number of H-pyrrole nitrogens is 3. The Kier molecular flexibility index (Phi) is 25.5. The molecule has 3 aromatic heterocycles. The Balaban J connectivity index is 0.000000150. The molecule has 0 unspecified atom stereocenters. The number of aromatic nitrogens is 3. The molecule has 0 spiro atoms. The number of carbonyl (C=O) groups excluding carboxylic acids is 2. The molecule has 0 saturated carbocycles. The van der Waals surface area contributed by atoms with Crippen molar-refractivity contribution in [1.29, 1.82) is 0 Å². The second-order valence-electron chi connectivity index (χ2n) is 28.0. The Morgan fingerprint density at radius 3 is 1.08 bits per heavy atom. The number of aliphatic hydroxyl groups excluding tert-OH is 1. The number of benzene rings is 7. The van der Waals surface area contributed by atoms with Crippen molar-refractivity contribution in [1.82, 2.24) is 25.6 Å². The van der Waals surface area contributed by atoms with Gasteiger partial charge in [0.1, 0.15) is 20.0 Å². The number of Topliss-reactive ketones (excluding diaryl/α,β-unsaturated/α-hetero) is 2. The van der Waals surface area contributed by atoms with Gasteiger partial charge in [0.2, 0.25) is 0 Å². The highest BCUT2D eigenvalue weighted by molar-refractivity contribution is 9.11. The number of aromatic amines is 3. The predicted octanol–water partition coefficient (Wildman–Crippen LogP) is 18.1. The Morgan fingerprint density at radius 1 is 0.465 bits per heavy atom. The molecule has 13 rings (SSSR count). The number of nitrogens with two attached hydrogens (primary N) is 1. The summed E-state index contributed by atoms with van der Waals surface area (Å²) in [5.74, 6) is -0.848. The fourth-order valence-corrected chi connectivity index (χ4v) is 14.2. The van der Waals surface area contributed by atoms with Crippen LogP contribution in [0.4, 0.5) is 13.2 Å². The molecule has 19 heteroatoms. The number of ketones is 2. The highest BCUT2D eigenvalue weighted by Gasteiger charge is 2.30. The molecule has 0 radical (unpaired) electrons. The summed E-state index contributed by atoms with van der Waals surface area (Å²) >= 11 is 10.6. The summed E-state index contributed by atoms with van der Waals surface area (Å²) in [5.41, 5.74) is 19.4. The SMILES string of the molecule is CC(C)(O)c1ccc(C(=O)CF)cc1.CC(C)(O)c1ccc(C(=O)CO)cc1.CC(C)(O)c1ccc([C@@H](CF)N[C@@H]2CCCc3c2[nH]c2ccc(Br)cc32)cc1.CC(C)(O)c1ccc([C@H](CF)N[C@@H]2CCCc3c2[nH]c2ccc(Br)cc32)cc1.N[C@@H]1CCCc2c1[nH]c1ccc(Br)cc21. The number of hydrogen-bond acceptors (Lipinski definition) is 10. The number of fused-ring (bicyclic) bond motifs is 9. The van der Waals surface area contributed by atoms with Gasteiger partial charge < -0.3 is 46.2 Å². The van der Waals surface area contributed by atoms with Crippen LogP contribution in [0.2, 0.25) is 0 Å². The molecule has 3 heterocycles. The van der Waals surface area contributed by atoms with Crippen molar-refractivity contribution in [2.24, 2.45) is 5.73 Å². The first kappa shape index (κ1) is 76.6. The average molecular weight is 1550 g/mol. The number of nitrogens with one attached hydrogen (secondary N) is 5. The van der Waals surface area contributed by atoms with Gasteiger partial charge in [0, 0.05) is 92.5 Å². The molecule has 3 aliphatic rings. The number of carbonyl (C=O) groups is 2. The van der Waals surface area contributed by atoms with Crippen molar-refractivity contribution in [3.05, 3.63) is 243 Å². The lowest BCUT2D eigenvalue weighted by atomic mass is 9.90. The van der Waals surface area contributed by atoms with Crippen molar-refractivity contribution in [3.8, 4) is 0 Å². The highest BCUT2D eigenvalue weighted by atomic mass is 79.9. The van der Waals surface area contributed by atoms with Crippen molar-refractivity contribution >= 4 is 92.1 Å². The van der Waals surface area contributed by atoms with Gasteiger partial charge in [-0.2, -0.15) is 0 Å². The molecule has 0 amide bonds. The van der Waals surface area contributed by atoms with Crippen molar-refractivity contribution in [2.75, 3.05) is 26.6 Å². The maximum absolute atomic E-state index is 13.9. The minimum atomic E-state index is -0.984. The van der Waals surface area contributed by atoms with Gasteiger partial charge in [-0.3, -0.25) is 20.2 Å². The van der Waals surface area contributed by atoms with Crippen LogP contribution < -0.4 is 16.4 Å². The Bertz CT molecular complexity index is 4130. The van der Waals surface area contributed by atoms with Crippen LogP contribution in [0.1, 0.15) is 212 Å². The summed E-state index contributed by atoms with van der Waals surface area (Å²) in [6.07, 6.45) is 9.68. The van der Waals surface area contributed by atoms with Crippen LogP contribution in [0, 0.1) is 0 Å². The fourth-order valence-electron chi connectivity index (χ4n) is 13.2. The van der Waals surface area contributed by atoms with Gasteiger partial charge in [0.25, 0.3) is 0 Å². The molecule has 7 aromatic carbocycles.